The molecule has 1 fully saturated rings. The predicted molar refractivity (Wildman–Crippen MR) is 88.3 cm³/mol. The third-order valence-electron chi connectivity index (χ3n) is 4.43. The summed E-state index contributed by atoms with van der Waals surface area (Å²) in [6.07, 6.45) is 4.53. The van der Waals surface area contributed by atoms with E-state index in [2.05, 4.69) is 27.8 Å². The lowest BCUT2D eigenvalue weighted by atomic mass is 9.89. The van der Waals surface area contributed by atoms with Crippen LogP contribution in [0, 0.1) is 0 Å². The van der Waals surface area contributed by atoms with Crippen molar-refractivity contribution in [3.8, 4) is 0 Å². The van der Waals surface area contributed by atoms with Crippen molar-refractivity contribution in [2.24, 2.45) is 0 Å². The van der Waals surface area contributed by atoms with Crippen molar-refractivity contribution in [2.75, 3.05) is 13.1 Å². The van der Waals surface area contributed by atoms with Crippen molar-refractivity contribution in [3.05, 3.63) is 72.2 Å². The third-order valence-corrected chi connectivity index (χ3v) is 4.43. The summed E-state index contributed by atoms with van der Waals surface area (Å²) < 4.78 is 1.86. The highest BCUT2D eigenvalue weighted by atomic mass is 16.2. The number of hydrogen-bond acceptors (Lipinski definition) is 3. The average Bonchev–Trinajstić information content (AvgIpc) is 3.23. The van der Waals surface area contributed by atoms with E-state index in [1.54, 1.807) is 6.20 Å². The molecule has 1 atom stereocenters. The zero-order valence-electron chi connectivity index (χ0n) is 12.7. The number of pyridine rings is 1. The maximum absolute atomic E-state index is 12.7. The average molecular weight is 306 g/mol. The topological polar surface area (TPSA) is 58.4 Å². The molecule has 0 saturated carbocycles. The summed E-state index contributed by atoms with van der Waals surface area (Å²) in [7, 11) is 0. The van der Waals surface area contributed by atoms with Gasteiger partial charge in [0.2, 0.25) is 0 Å². The summed E-state index contributed by atoms with van der Waals surface area (Å²) in [5.41, 5.74) is 1.98. The van der Waals surface area contributed by atoms with Crippen molar-refractivity contribution in [2.45, 2.75) is 12.0 Å². The number of fused-ring (bicyclic) bond motifs is 1. The SMILES string of the molecule is O=C(NC1(c2ccccc2)CCNC1)c1cn2ccccc2n1. The van der Waals surface area contributed by atoms with E-state index in [1.807, 2.05) is 47.0 Å². The van der Waals surface area contributed by atoms with Crippen LogP contribution in [0.15, 0.2) is 60.9 Å². The van der Waals surface area contributed by atoms with E-state index in [0.29, 0.717) is 5.69 Å². The van der Waals surface area contributed by atoms with Crippen LogP contribution in [0.3, 0.4) is 0 Å². The van der Waals surface area contributed by atoms with Crippen LogP contribution >= 0.6 is 0 Å². The number of aromatic nitrogens is 2. The summed E-state index contributed by atoms with van der Waals surface area (Å²) in [6, 6.07) is 15.9. The molecule has 0 spiro atoms. The largest absolute Gasteiger partial charge is 0.340 e. The van der Waals surface area contributed by atoms with Crippen LogP contribution in [-0.4, -0.2) is 28.4 Å². The summed E-state index contributed by atoms with van der Waals surface area (Å²) in [4.78, 5) is 17.1. The summed E-state index contributed by atoms with van der Waals surface area (Å²) >= 11 is 0. The number of nitrogens with zero attached hydrogens (tertiary/aromatic N) is 2. The smallest absolute Gasteiger partial charge is 0.272 e. The van der Waals surface area contributed by atoms with E-state index in [0.717, 1.165) is 30.7 Å². The highest BCUT2D eigenvalue weighted by Gasteiger charge is 2.37. The van der Waals surface area contributed by atoms with Gasteiger partial charge in [-0.1, -0.05) is 36.4 Å². The second-order valence-electron chi connectivity index (χ2n) is 5.92. The fourth-order valence-corrected chi connectivity index (χ4v) is 3.20. The first-order valence-electron chi connectivity index (χ1n) is 7.79. The molecule has 116 valence electrons. The maximum Gasteiger partial charge on any atom is 0.272 e. The molecule has 2 aromatic heterocycles. The van der Waals surface area contributed by atoms with Gasteiger partial charge in [0.05, 0.1) is 5.54 Å². The summed E-state index contributed by atoms with van der Waals surface area (Å²) in [6.45, 7) is 1.62. The molecule has 0 aliphatic carbocycles. The molecule has 23 heavy (non-hydrogen) atoms. The lowest BCUT2D eigenvalue weighted by Gasteiger charge is -2.30. The van der Waals surface area contributed by atoms with E-state index in [4.69, 9.17) is 0 Å². The minimum atomic E-state index is -0.367. The molecular weight excluding hydrogens is 288 g/mol. The molecule has 1 aromatic carbocycles. The normalized spacial score (nSPS) is 20.7. The second-order valence-corrected chi connectivity index (χ2v) is 5.92. The molecule has 1 aliphatic rings. The van der Waals surface area contributed by atoms with Crippen LogP contribution in [-0.2, 0) is 5.54 Å². The van der Waals surface area contributed by atoms with Gasteiger partial charge in [0.15, 0.2) is 0 Å². The number of rotatable bonds is 3. The zero-order valence-corrected chi connectivity index (χ0v) is 12.7. The second kappa shape index (κ2) is 5.52. The van der Waals surface area contributed by atoms with Gasteiger partial charge in [-0.3, -0.25) is 4.79 Å². The van der Waals surface area contributed by atoms with Crippen molar-refractivity contribution in [3.63, 3.8) is 0 Å². The predicted octanol–water partition coefficient (Wildman–Crippen LogP) is 1.95. The molecule has 3 aromatic rings. The number of imidazole rings is 1. The van der Waals surface area contributed by atoms with E-state index in [9.17, 15) is 4.79 Å². The van der Waals surface area contributed by atoms with E-state index in [-0.39, 0.29) is 11.4 Å². The van der Waals surface area contributed by atoms with Gasteiger partial charge in [0.25, 0.3) is 5.91 Å². The Morgan fingerprint density at radius 2 is 2.00 bits per heavy atom. The van der Waals surface area contributed by atoms with Gasteiger partial charge in [-0.15, -0.1) is 0 Å². The monoisotopic (exact) mass is 306 g/mol. The van der Waals surface area contributed by atoms with Crippen molar-refractivity contribution >= 4 is 11.6 Å². The molecule has 5 nitrogen and oxygen atoms in total. The van der Waals surface area contributed by atoms with E-state index < -0.39 is 0 Å². The molecular formula is C18H18N4O. The Balaban J connectivity index is 1.65. The molecule has 1 amide bonds. The molecule has 4 rings (SSSR count). The maximum atomic E-state index is 12.7. The van der Waals surface area contributed by atoms with Crippen LogP contribution in [0.5, 0.6) is 0 Å². The number of amides is 1. The van der Waals surface area contributed by atoms with E-state index >= 15 is 0 Å². The fraction of sp³-hybridized carbons (Fsp3) is 0.222. The Morgan fingerprint density at radius 1 is 1.17 bits per heavy atom. The number of hydrogen-bond donors (Lipinski definition) is 2. The van der Waals surface area contributed by atoms with Crippen molar-refractivity contribution in [1.29, 1.82) is 0 Å². The molecule has 5 heteroatoms. The lowest BCUT2D eigenvalue weighted by molar-refractivity contribution is 0.0899. The number of nitrogens with one attached hydrogen (secondary N) is 2. The van der Waals surface area contributed by atoms with Gasteiger partial charge in [-0.2, -0.15) is 0 Å². The minimum absolute atomic E-state index is 0.138. The Kier molecular flexibility index (Phi) is 3.35. The molecule has 3 heterocycles. The Hall–Kier alpha value is -2.66. The van der Waals surface area contributed by atoms with Gasteiger partial charge in [0.1, 0.15) is 11.3 Å². The van der Waals surface area contributed by atoms with Crippen LogP contribution < -0.4 is 10.6 Å². The zero-order chi connectivity index (χ0) is 15.7. The van der Waals surface area contributed by atoms with Crippen LogP contribution in [0.1, 0.15) is 22.5 Å². The van der Waals surface area contributed by atoms with Gasteiger partial charge in [0, 0.05) is 18.9 Å². The third kappa shape index (κ3) is 2.49. The summed E-state index contributed by atoms with van der Waals surface area (Å²) in [5.74, 6) is -0.138. The molecule has 1 aliphatic heterocycles. The first kappa shape index (κ1) is 14.0. The Labute approximate surface area is 134 Å². The Morgan fingerprint density at radius 3 is 2.74 bits per heavy atom. The molecule has 0 radical (unpaired) electrons. The molecule has 1 unspecified atom stereocenters. The van der Waals surface area contributed by atoms with Gasteiger partial charge >= 0.3 is 0 Å². The van der Waals surface area contributed by atoms with Crippen LogP contribution in [0.4, 0.5) is 0 Å². The van der Waals surface area contributed by atoms with Gasteiger partial charge < -0.3 is 15.0 Å². The fourth-order valence-electron chi connectivity index (χ4n) is 3.20. The van der Waals surface area contributed by atoms with E-state index in [1.165, 1.54) is 0 Å². The molecule has 2 N–H and O–H groups in total. The van der Waals surface area contributed by atoms with Crippen molar-refractivity contribution in [1.82, 2.24) is 20.0 Å². The highest BCUT2D eigenvalue weighted by molar-refractivity contribution is 5.93. The number of benzene rings is 1. The molecule has 0 bridgehead atoms. The standard InChI is InChI=1S/C18H18N4O/c23-17(15-12-22-11-5-4-8-16(22)20-15)21-18(9-10-19-13-18)14-6-2-1-3-7-14/h1-8,11-12,19H,9-10,13H2,(H,21,23). The minimum Gasteiger partial charge on any atom is -0.340 e. The summed E-state index contributed by atoms with van der Waals surface area (Å²) in [5, 5.41) is 6.56. The highest BCUT2D eigenvalue weighted by Crippen LogP contribution is 2.28. The first-order chi connectivity index (χ1) is 11.3. The first-order valence-corrected chi connectivity index (χ1v) is 7.79. The quantitative estimate of drug-likeness (QED) is 0.777. The van der Waals surface area contributed by atoms with Gasteiger partial charge in [-0.25, -0.2) is 4.98 Å². The van der Waals surface area contributed by atoms with Gasteiger partial charge in [-0.05, 0) is 30.7 Å². The van der Waals surface area contributed by atoms with Crippen molar-refractivity contribution < 1.29 is 4.79 Å². The number of carbonyl (C=O) groups excluding carboxylic acids is 1. The lowest BCUT2D eigenvalue weighted by Crippen LogP contribution is -2.47. The molecule has 1 saturated heterocycles. The number of carbonyl (C=O) groups is 1. The van der Waals surface area contributed by atoms with Crippen LogP contribution in [0.2, 0.25) is 0 Å². The van der Waals surface area contributed by atoms with Crippen LogP contribution in [0.25, 0.3) is 5.65 Å². The Bertz CT molecular complexity index is 801.